The van der Waals surface area contributed by atoms with Gasteiger partial charge in [-0.1, -0.05) is 0 Å². The molecule has 3 rings (SSSR count). The number of hydrogen-bond acceptors (Lipinski definition) is 5. The number of carbonyl (C=O) groups is 1. The van der Waals surface area contributed by atoms with Gasteiger partial charge in [-0.25, -0.2) is 9.18 Å². The first-order valence-corrected chi connectivity index (χ1v) is 9.83. The third-order valence-electron chi connectivity index (χ3n) is 4.75. The van der Waals surface area contributed by atoms with Crippen LogP contribution in [0.25, 0.3) is 0 Å². The average molecular weight is 424 g/mol. The minimum absolute atomic E-state index is 0.381. The molecule has 1 aliphatic heterocycles. The van der Waals surface area contributed by atoms with Gasteiger partial charge in [0, 0.05) is 58.7 Å². The highest BCUT2D eigenvalue weighted by Crippen LogP contribution is 2.17. The van der Waals surface area contributed by atoms with E-state index < -0.39 is 11.8 Å². The summed E-state index contributed by atoms with van der Waals surface area (Å²) < 4.78 is 14.1. The molecule has 162 valence electrons. The lowest BCUT2D eigenvalue weighted by molar-refractivity contribution is 0.167. The largest absolute Gasteiger partial charge is 0.348 e. The molecule has 0 atom stereocenters. The Morgan fingerprint density at radius 1 is 1.23 bits per heavy atom. The number of aromatic nitrogens is 1. The predicted octanol–water partition coefficient (Wildman–Crippen LogP) is 2.38. The van der Waals surface area contributed by atoms with Crippen molar-refractivity contribution in [2.24, 2.45) is 4.99 Å². The summed E-state index contributed by atoms with van der Waals surface area (Å²) in [7, 11) is 3.71. The van der Waals surface area contributed by atoms with Gasteiger partial charge < -0.3 is 20.4 Å². The number of hydrogen-bond donors (Lipinski definition) is 2. The number of piperazine rings is 1. The Kier molecular flexibility index (Phi) is 7.35. The molecule has 1 fully saturated rings. The van der Waals surface area contributed by atoms with E-state index in [1.54, 1.807) is 24.4 Å². The van der Waals surface area contributed by atoms with E-state index in [1.807, 2.05) is 25.2 Å². The molecule has 1 aromatic carbocycles. The van der Waals surface area contributed by atoms with Crippen molar-refractivity contribution in [1.29, 1.82) is 5.26 Å². The minimum Gasteiger partial charge on any atom is -0.348 e. The summed E-state index contributed by atoms with van der Waals surface area (Å²) in [5.74, 6) is 0.225. The predicted molar refractivity (Wildman–Crippen MR) is 117 cm³/mol. The number of aliphatic imine (C=N–C) groups is 1. The SMILES string of the molecule is CN(C)C(=NC#N)N1CCN(Cc2cc(F)cc(NC(=O)Nc3cccnc3)c2)CC1. The van der Waals surface area contributed by atoms with E-state index in [2.05, 4.69) is 30.4 Å². The lowest BCUT2D eigenvalue weighted by Crippen LogP contribution is -2.51. The molecule has 31 heavy (non-hydrogen) atoms. The van der Waals surface area contributed by atoms with E-state index in [-0.39, 0.29) is 0 Å². The molecule has 2 amide bonds. The first-order chi connectivity index (χ1) is 14.9. The van der Waals surface area contributed by atoms with Crippen LogP contribution in [0.15, 0.2) is 47.7 Å². The van der Waals surface area contributed by atoms with Crippen LogP contribution in [0.2, 0.25) is 0 Å². The number of carbonyl (C=O) groups excluding carboxylic acids is 1. The number of pyridine rings is 1. The van der Waals surface area contributed by atoms with Crippen LogP contribution < -0.4 is 10.6 Å². The Balaban J connectivity index is 1.58. The Morgan fingerprint density at radius 2 is 1.97 bits per heavy atom. The highest BCUT2D eigenvalue weighted by Gasteiger charge is 2.21. The van der Waals surface area contributed by atoms with Crippen molar-refractivity contribution >= 4 is 23.4 Å². The summed E-state index contributed by atoms with van der Waals surface area (Å²) in [4.78, 5) is 26.1. The van der Waals surface area contributed by atoms with Gasteiger partial charge in [0.1, 0.15) is 5.82 Å². The zero-order valence-electron chi connectivity index (χ0n) is 17.5. The molecule has 0 saturated carbocycles. The summed E-state index contributed by atoms with van der Waals surface area (Å²) in [5, 5.41) is 14.2. The van der Waals surface area contributed by atoms with Crippen LogP contribution in [-0.2, 0) is 6.54 Å². The highest BCUT2D eigenvalue weighted by molar-refractivity contribution is 5.99. The topological polar surface area (TPSA) is 99.9 Å². The third kappa shape index (κ3) is 6.38. The number of guanidine groups is 1. The summed E-state index contributed by atoms with van der Waals surface area (Å²) >= 11 is 0. The van der Waals surface area contributed by atoms with E-state index in [0.29, 0.717) is 37.0 Å². The molecular formula is C21H25FN8O. The second kappa shape index (κ2) is 10.4. The van der Waals surface area contributed by atoms with Gasteiger partial charge in [0.05, 0.1) is 11.9 Å². The van der Waals surface area contributed by atoms with E-state index in [0.717, 1.165) is 18.7 Å². The van der Waals surface area contributed by atoms with Crippen molar-refractivity contribution in [3.63, 3.8) is 0 Å². The van der Waals surface area contributed by atoms with Crippen LogP contribution >= 0.6 is 0 Å². The van der Waals surface area contributed by atoms with Gasteiger partial charge in [0.15, 0.2) is 0 Å². The Bertz CT molecular complexity index is 965. The number of anilines is 2. The lowest BCUT2D eigenvalue weighted by Gasteiger charge is -2.37. The van der Waals surface area contributed by atoms with Gasteiger partial charge in [0.2, 0.25) is 12.2 Å². The van der Waals surface area contributed by atoms with Crippen molar-refractivity contribution in [1.82, 2.24) is 19.7 Å². The Hall–Kier alpha value is -3.71. The average Bonchev–Trinajstić information content (AvgIpc) is 2.73. The van der Waals surface area contributed by atoms with Crippen molar-refractivity contribution < 1.29 is 9.18 Å². The van der Waals surface area contributed by atoms with Crippen molar-refractivity contribution in [2.75, 3.05) is 50.9 Å². The number of urea groups is 1. The summed E-state index contributed by atoms with van der Waals surface area (Å²) in [6.07, 6.45) is 4.98. The van der Waals surface area contributed by atoms with Gasteiger partial charge in [-0.2, -0.15) is 5.26 Å². The molecule has 0 radical (unpaired) electrons. The van der Waals surface area contributed by atoms with Crippen molar-refractivity contribution in [2.45, 2.75) is 6.54 Å². The molecule has 1 saturated heterocycles. The molecule has 0 aliphatic carbocycles. The molecule has 1 aromatic heterocycles. The standard InChI is InChI=1S/C21H25FN8O/c1-28(2)21(25-15-23)30-8-6-29(7-9-30)14-16-10-17(22)12-19(11-16)27-20(31)26-18-4-3-5-24-13-18/h3-5,10-13H,6-9,14H2,1-2H3,(H2,26,27,31). The molecule has 2 aromatic rings. The summed E-state index contributed by atoms with van der Waals surface area (Å²) in [6, 6.07) is 7.48. The second-order valence-electron chi connectivity index (χ2n) is 7.34. The maximum Gasteiger partial charge on any atom is 0.323 e. The van der Waals surface area contributed by atoms with Crippen LogP contribution in [0.1, 0.15) is 5.56 Å². The first kappa shape index (κ1) is 22.0. The van der Waals surface area contributed by atoms with Crippen LogP contribution in [0.5, 0.6) is 0 Å². The fourth-order valence-electron chi connectivity index (χ4n) is 3.41. The quantitative estimate of drug-likeness (QED) is 0.444. The van der Waals surface area contributed by atoms with Crippen molar-refractivity contribution in [3.8, 4) is 6.19 Å². The first-order valence-electron chi connectivity index (χ1n) is 9.83. The number of nitrogens with one attached hydrogen (secondary N) is 2. The summed E-state index contributed by atoms with van der Waals surface area (Å²) in [6.45, 7) is 3.48. The van der Waals surface area contributed by atoms with E-state index in [9.17, 15) is 9.18 Å². The van der Waals surface area contributed by atoms with Gasteiger partial charge in [0.25, 0.3) is 0 Å². The molecule has 0 spiro atoms. The maximum atomic E-state index is 14.1. The lowest BCUT2D eigenvalue weighted by atomic mass is 10.1. The van der Waals surface area contributed by atoms with Crippen LogP contribution in [0.4, 0.5) is 20.6 Å². The Morgan fingerprint density at radius 3 is 2.61 bits per heavy atom. The zero-order valence-corrected chi connectivity index (χ0v) is 17.5. The summed E-state index contributed by atoms with van der Waals surface area (Å²) in [5.41, 5.74) is 1.70. The molecule has 1 aliphatic rings. The fourth-order valence-corrected chi connectivity index (χ4v) is 3.41. The molecule has 9 nitrogen and oxygen atoms in total. The zero-order chi connectivity index (χ0) is 22.2. The van der Waals surface area contributed by atoms with Crippen molar-refractivity contribution in [3.05, 3.63) is 54.1 Å². The molecule has 0 unspecified atom stereocenters. The van der Waals surface area contributed by atoms with Gasteiger partial charge in [-0.3, -0.25) is 9.88 Å². The normalized spacial score (nSPS) is 14.6. The van der Waals surface area contributed by atoms with Gasteiger partial charge in [-0.05, 0) is 35.9 Å². The Labute approximate surface area is 180 Å². The van der Waals surface area contributed by atoms with Crippen LogP contribution in [0, 0.1) is 17.3 Å². The van der Waals surface area contributed by atoms with E-state index >= 15 is 0 Å². The molecule has 2 N–H and O–H groups in total. The van der Waals surface area contributed by atoms with E-state index in [4.69, 9.17) is 5.26 Å². The molecular weight excluding hydrogens is 399 g/mol. The van der Waals surface area contributed by atoms with Crippen LogP contribution in [-0.4, -0.2) is 71.9 Å². The molecule has 10 heteroatoms. The molecule has 0 bridgehead atoms. The number of nitrogens with zero attached hydrogens (tertiary/aromatic N) is 6. The second-order valence-corrected chi connectivity index (χ2v) is 7.34. The number of rotatable bonds is 4. The van der Waals surface area contributed by atoms with Gasteiger partial charge in [-0.15, -0.1) is 4.99 Å². The number of amides is 2. The highest BCUT2D eigenvalue weighted by atomic mass is 19.1. The number of halogens is 1. The monoisotopic (exact) mass is 424 g/mol. The number of nitriles is 1. The smallest absolute Gasteiger partial charge is 0.323 e. The van der Waals surface area contributed by atoms with Crippen LogP contribution in [0.3, 0.4) is 0 Å². The minimum atomic E-state index is -0.467. The maximum absolute atomic E-state index is 14.1. The van der Waals surface area contributed by atoms with Gasteiger partial charge >= 0.3 is 6.03 Å². The van der Waals surface area contributed by atoms with E-state index in [1.165, 1.54) is 18.3 Å². The molecule has 2 heterocycles. The fraction of sp³-hybridized carbons (Fsp3) is 0.333. The third-order valence-corrected chi connectivity index (χ3v) is 4.75. The number of benzene rings is 1.